The van der Waals surface area contributed by atoms with Gasteiger partial charge < -0.3 is 4.74 Å². The van der Waals surface area contributed by atoms with Gasteiger partial charge in [-0.3, -0.25) is 10.1 Å². The summed E-state index contributed by atoms with van der Waals surface area (Å²) in [5, 5.41) is 22.4. The summed E-state index contributed by atoms with van der Waals surface area (Å²) in [7, 11) is 1.61. The highest BCUT2D eigenvalue weighted by Gasteiger charge is 2.10. The number of non-ortho nitro benzene ring substituents is 1. The van der Waals surface area contributed by atoms with E-state index in [1.807, 2.05) is 36.4 Å². The van der Waals surface area contributed by atoms with Crippen molar-refractivity contribution in [2.45, 2.75) is 0 Å². The van der Waals surface area contributed by atoms with Crippen LogP contribution in [-0.4, -0.2) is 12.0 Å². The molecule has 0 amide bonds. The predicted octanol–water partition coefficient (Wildman–Crippen LogP) is 4.82. The fourth-order valence-electron chi connectivity index (χ4n) is 2.72. The van der Waals surface area contributed by atoms with E-state index in [4.69, 9.17) is 4.74 Å². The molecule has 3 aromatic carbocycles. The van der Waals surface area contributed by atoms with E-state index in [9.17, 15) is 15.4 Å². The fraction of sp³-hybridized carbons (Fsp3) is 0.0500. The van der Waals surface area contributed by atoms with Gasteiger partial charge >= 0.3 is 0 Å². The Labute approximate surface area is 144 Å². The molecule has 0 fully saturated rings. The molecule has 0 aliphatic heterocycles. The minimum Gasteiger partial charge on any atom is -0.496 e. The molecule has 25 heavy (non-hydrogen) atoms. The monoisotopic (exact) mass is 330 g/mol. The van der Waals surface area contributed by atoms with E-state index in [2.05, 4.69) is 6.07 Å². The maximum absolute atomic E-state index is 11.0. The van der Waals surface area contributed by atoms with E-state index in [1.165, 1.54) is 12.1 Å². The van der Waals surface area contributed by atoms with Gasteiger partial charge in [-0.2, -0.15) is 5.26 Å². The highest BCUT2D eigenvalue weighted by molar-refractivity contribution is 6.00. The number of hydrogen-bond donors (Lipinski definition) is 0. The van der Waals surface area contributed by atoms with Crippen LogP contribution in [0.5, 0.6) is 5.75 Å². The van der Waals surface area contributed by atoms with Gasteiger partial charge in [0.15, 0.2) is 0 Å². The second-order valence-corrected chi connectivity index (χ2v) is 5.38. The van der Waals surface area contributed by atoms with Crippen LogP contribution in [0, 0.1) is 21.4 Å². The molecule has 5 heteroatoms. The minimum absolute atomic E-state index is 0.0433. The van der Waals surface area contributed by atoms with E-state index >= 15 is 0 Å². The molecule has 0 aliphatic rings. The first kappa shape index (κ1) is 16.2. The van der Waals surface area contributed by atoms with Crippen LogP contribution >= 0.6 is 0 Å². The molecule has 3 rings (SSSR count). The Morgan fingerprint density at radius 2 is 1.88 bits per heavy atom. The summed E-state index contributed by atoms with van der Waals surface area (Å²) in [6.45, 7) is 0. The van der Waals surface area contributed by atoms with Crippen molar-refractivity contribution in [3.63, 3.8) is 0 Å². The van der Waals surface area contributed by atoms with Crippen LogP contribution in [0.25, 0.3) is 22.4 Å². The van der Waals surface area contributed by atoms with Crippen molar-refractivity contribution < 1.29 is 9.66 Å². The Bertz CT molecular complexity index is 1030. The molecule has 0 radical (unpaired) electrons. The fourth-order valence-corrected chi connectivity index (χ4v) is 2.72. The maximum atomic E-state index is 11.0. The van der Waals surface area contributed by atoms with Crippen molar-refractivity contribution in [1.82, 2.24) is 0 Å². The number of fused-ring (bicyclic) bond motifs is 1. The molecule has 0 N–H and O–H groups in total. The molecule has 0 aromatic heterocycles. The summed E-state index contributed by atoms with van der Waals surface area (Å²) < 4.78 is 5.38. The average molecular weight is 330 g/mol. The van der Waals surface area contributed by atoms with Crippen LogP contribution in [0.15, 0.2) is 60.7 Å². The van der Waals surface area contributed by atoms with Crippen LogP contribution in [0.3, 0.4) is 0 Å². The molecule has 0 unspecified atom stereocenters. The number of methoxy groups -OCH3 is 1. The van der Waals surface area contributed by atoms with E-state index in [1.54, 1.807) is 25.3 Å². The molecule has 0 saturated heterocycles. The van der Waals surface area contributed by atoms with Gasteiger partial charge in [0, 0.05) is 17.5 Å². The topological polar surface area (TPSA) is 76.2 Å². The number of allylic oxidation sites excluding steroid dienone is 1. The van der Waals surface area contributed by atoms with Crippen molar-refractivity contribution >= 4 is 28.1 Å². The summed E-state index contributed by atoms with van der Waals surface area (Å²) in [6.07, 6.45) is 1.74. The molecule has 0 atom stereocenters. The Kier molecular flexibility index (Phi) is 4.44. The average Bonchev–Trinajstić information content (AvgIpc) is 2.66. The number of nitrogens with zero attached hydrogens (tertiary/aromatic N) is 2. The molecule has 0 aliphatic carbocycles. The van der Waals surface area contributed by atoms with Crippen LogP contribution in [0.1, 0.15) is 11.1 Å². The first-order valence-electron chi connectivity index (χ1n) is 7.56. The number of nitro benzene ring substituents is 1. The summed E-state index contributed by atoms with van der Waals surface area (Å²) >= 11 is 0. The maximum Gasteiger partial charge on any atom is 0.270 e. The van der Waals surface area contributed by atoms with Crippen molar-refractivity contribution in [2.24, 2.45) is 0 Å². The number of hydrogen-bond acceptors (Lipinski definition) is 4. The normalized spacial score (nSPS) is 11.1. The second-order valence-electron chi connectivity index (χ2n) is 5.38. The number of nitro groups is 1. The third kappa shape index (κ3) is 3.19. The van der Waals surface area contributed by atoms with Gasteiger partial charge in [-0.1, -0.05) is 42.5 Å². The lowest BCUT2D eigenvalue weighted by Gasteiger charge is -2.08. The SMILES string of the molecule is COc1ccc(C=C(C#N)c2cccc([N+](=O)[O-])c2)c2ccccc12. The van der Waals surface area contributed by atoms with Gasteiger partial charge in [-0.15, -0.1) is 0 Å². The first-order valence-corrected chi connectivity index (χ1v) is 7.56. The second kappa shape index (κ2) is 6.85. The Balaban J connectivity index is 2.16. The third-order valence-electron chi connectivity index (χ3n) is 3.93. The lowest BCUT2D eigenvalue weighted by molar-refractivity contribution is -0.384. The molecule has 0 bridgehead atoms. The minimum atomic E-state index is -0.471. The number of nitriles is 1. The number of ether oxygens (including phenoxy) is 1. The van der Waals surface area contributed by atoms with Crippen molar-refractivity contribution in [3.05, 3.63) is 81.9 Å². The Hall–Kier alpha value is -3.65. The Morgan fingerprint density at radius 3 is 2.56 bits per heavy atom. The van der Waals surface area contributed by atoms with E-state index < -0.39 is 4.92 Å². The summed E-state index contributed by atoms with van der Waals surface area (Å²) in [4.78, 5) is 10.5. The summed E-state index contributed by atoms with van der Waals surface area (Å²) in [5.74, 6) is 0.751. The molecular formula is C20H14N2O3. The molecule has 0 saturated carbocycles. The van der Waals surface area contributed by atoms with E-state index in [0.29, 0.717) is 11.1 Å². The third-order valence-corrected chi connectivity index (χ3v) is 3.93. The molecular weight excluding hydrogens is 316 g/mol. The zero-order valence-corrected chi connectivity index (χ0v) is 13.5. The number of rotatable bonds is 4. The van der Waals surface area contributed by atoms with Crippen molar-refractivity contribution in [2.75, 3.05) is 7.11 Å². The zero-order valence-electron chi connectivity index (χ0n) is 13.5. The quantitative estimate of drug-likeness (QED) is 0.297. The lowest BCUT2D eigenvalue weighted by Crippen LogP contribution is -1.90. The van der Waals surface area contributed by atoms with Gasteiger partial charge in [-0.25, -0.2) is 0 Å². The standard InChI is InChI=1S/C20H14N2O3/c1-25-20-10-9-15(18-7-2-3-8-19(18)20)11-16(13-21)14-5-4-6-17(12-14)22(23)24/h2-12H,1H3. The van der Waals surface area contributed by atoms with Gasteiger partial charge in [0.1, 0.15) is 5.75 Å². The van der Waals surface area contributed by atoms with E-state index in [0.717, 1.165) is 22.1 Å². The van der Waals surface area contributed by atoms with Gasteiger partial charge in [-0.05, 0) is 28.7 Å². The van der Waals surface area contributed by atoms with Crippen molar-refractivity contribution in [3.8, 4) is 11.8 Å². The van der Waals surface area contributed by atoms with E-state index in [-0.39, 0.29) is 5.69 Å². The van der Waals surface area contributed by atoms with Crippen molar-refractivity contribution in [1.29, 1.82) is 5.26 Å². The molecule has 0 heterocycles. The predicted molar refractivity (Wildman–Crippen MR) is 97.1 cm³/mol. The molecule has 0 spiro atoms. The number of benzene rings is 3. The summed E-state index contributed by atoms with van der Waals surface area (Å²) in [5.41, 5.74) is 1.67. The molecule has 122 valence electrons. The summed E-state index contributed by atoms with van der Waals surface area (Å²) in [6, 6.07) is 19.7. The largest absolute Gasteiger partial charge is 0.496 e. The lowest BCUT2D eigenvalue weighted by atomic mass is 9.99. The van der Waals surface area contributed by atoms with Crippen LogP contribution < -0.4 is 4.74 Å². The van der Waals surface area contributed by atoms with Crippen LogP contribution in [0.2, 0.25) is 0 Å². The van der Waals surface area contributed by atoms with Crippen LogP contribution in [-0.2, 0) is 0 Å². The highest BCUT2D eigenvalue weighted by atomic mass is 16.6. The van der Waals surface area contributed by atoms with Gasteiger partial charge in [0.25, 0.3) is 5.69 Å². The first-order chi connectivity index (χ1) is 12.1. The van der Waals surface area contributed by atoms with Crippen LogP contribution in [0.4, 0.5) is 5.69 Å². The molecule has 3 aromatic rings. The molecule has 5 nitrogen and oxygen atoms in total. The Morgan fingerprint density at radius 1 is 1.12 bits per heavy atom. The van der Waals surface area contributed by atoms with Gasteiger partial charge in [0.2, 0.25) is 0 Å². The zero-order chi connectivity index (χ0) is 17.8. The highest BCUT2D eigenvalue weighted by Crippen LogP contribution is 2.31. The smallest absolute Gasteiger partial charge is 0.270 e. The van der Waals surface area contributed by atoms with Gasteiger partial charge in [0.05, 0.1) is 23.7 Å².